The number of fused-ring (bicyclic) bond motifs is 6. The molecule has 4 saturated heterocycles. The van der Waals surface area contributed by atoms with Crippen molar-refractivity contribution in [3.8, 4) is 28.1 Å². The Bertz CT molecular complexity index is 2790. The van der Waals surface area contributed by atoms with E-state index in [0.29, 0.717) is 43.9 Å². The topological polar surface area (TPSA) is 202 Å². The second-order valence-electron chi connectivity index (χ2n) is 20.6. The summed E-state index contributed by atoms with van der Waals surface area (Å²) in [6.07, 6.45) is 6.13. The van der Waals surface area contributed by atoms with Gasteiger partial charge in [0.25, 0.3) is 0 Å². The number of H-pyrrole nitrogens is 2. The van der Waals surface area contributed by atoms with Crippen molar-refractivity contribution in [1.29, 1.82) is 0 Å². The van der Waals surface area contributed by atoms with Gasteiger partial charge in [-0.15, -0.1) is 0 Å². The molecule has 3 aromatic carbocycles. The van der Waals surface area contributed by atoms with Crippen molar-refractivity contribution < 1.29 is 42.9 Å². The molecule has 17 heteroatoms. The number of carbonyl (C=O) groups excluding carboxylic acids is 4. The smallest absolute Gasteiger partial charge is 0.407 e. The van der Waals surface area contributed by atoms with Gasteiger partial charge in [0, 0.05) is 23.0 Å². The van der Waals surface area contributed by atoms with Crippen LogP contribution in [0.3, 0.4) is 0 Å². The summed E-state index contributed by atoms with van der Waals surface area (Å²) in [6.45, 7) is 12.5. The molecule has 0 radical (unpaired) electrons. The second-order valence-corrected chi connectivity index (χ2v) is 20.6. The number of methoxy groups -OCH3 is 2. The lowest BCUT2D eigenvalue weighted by Crippen LogP contribution is -2.55. The van der Waals surface area contributed by atoms with Crippen molar-refractivity contribution >= 4 is 45.8 Å². The maximum absolute atomic E-state index is 14.6. The molecule has 372 valence electrons. The Kier molecular flexibility index (Phi) is 13.0. The minimum absolute atomic E-state index is 0.0333. The Balaban J connectivity index is 0.891. The fourth-order valence-electron chi connectivity index (χ4n) is 12.5. The highest BCUT2D eigenvalue weighted by Crippen LogP contribution is 2.45. The van der Waals surface area contributed by atoms with E-state index in [0.717, 1.165) is 81.2 Å². The summed E-state index contributed by atoms with van der Waals surface area (Å²) in [5.74, 6) is 1.72. The quantitative estimate of drug-likeness (QED) is 0.110. The average Bonchev–Trinajstić information content (AvgIpc) is 4.16. The standard InChI is InChI=1S/C53H66N8O9/c1-26-9-15-42(60(26)50(62)45(58-52(64)66-7)34-17-28(3)69-29(4)18-34)48-54-24-41(56-48)33-11-13-37-36(21-33)25-68-44-23-38-32(22-39(37)44)12-14-40-47(38)57-49(55-40)43-16-10-27(2)61(43)51(63)46(59-53(65)67-8)35-19-30(5)70-31(6)20-35/h11-14,21-24,26-31,34-35,42-43,45-46H,9-10,15-20,25H2,1-8H3,(H,54,56)(H,55,57)(H,58,64)(H,59,65)/t26-,27-,28+,29+,30+,31+,42-,43-,45-,46-/m0/s1. The van der Waals surface area contributed by atoms with Crippen LogP contribution in [0.4, 0.5) is 9.59 Å². The molecule has 10 atom stereocenters. The van der Waals surface area contributed by atoms with Crippen LogP contribution < -0.4 is 15.4 Å². The minimum atomic E-state index is -0.758. The predicted octanol–water partition coefficient (Wildman–Crippen LogP) is 8.63. The Morgan fingerprint density at radius 3 is 1.83 bits per heavy atom. The average molecular weight is 959 g/mol. The van der Waals surface area contributed by atoms with Crippen LogP contribution >= 0.6 is 0 Å². The first kappa shape index (κ1) is 47.5. The van der Waals surface area contributed by atoms with E-state index in [-0.39, 0.29) is 72.2 Å². The number of benzene rings is 3. The number of nitrogens with one attached hydrogen (secondary N) is 4. The second kappa shape index (κ2) is 19.2. The third-order valence-corrected chi connectivity index (χ3v) is 15.6. The molecule has 0 aliphatic carbocycles. The SMILES string of the molecule is COC(=O)N[C@H](C(=O)N1[C@@H](C)CC[C@H]1c1ncc(-c2ccc3c(c2)COc2cc4c(ccc5nc([C@@H]6CC[C@H](C)N6C(=O)[C@@H](NC(=O)OC)C6C[C@@H](C)O[C@H](C)C6)[nH]c54)cc2-3)[nH]1)C1C[C@@H](C)O[C@H](C)C1. The molecule has 5 aliphatic rings. The van der Waals surface area contributed by atoms with Gasteiger partial charge in [-0.1, -0.05) is 18.2 Å². The van der Waals surface area contributed by atoms with Crippen LogP contribution in [0, 0.1) is 11.8 Å². The summed E-state index contributed by atoms with van der Waals surface area (Å²) in [4.78, 5) is 75.3. The zero-order valence-electron chi connectivity index (χ0n) is 41.4. The molecule has 7 heterocycles. The lowest BCUT2D eigenvalue weighted by Gasteiger charge is -2.39. The maximum atomic E-state index is 14.6. The van der Waals surface area contributed by atoms with E-state index < -0.39 is 24.3 Å². The first-order valence-corrected chi connectivity index (χ1v) is 25.1. The number of alkyl carbamates (subject to hydrolysis) is 2. The molecule has 70 heavy (non-hydrogen) atoms. The maximum Gasteiger partial charge on any atom is 0.407 e. The summed E-state index contributed by atoms with van der Waals surface area (Å²) in [5.41, 5.74) is 6.57. The van der Waals surface area contributed by atoms with Gasteiger partial charge in [-0.3, -0.25) is 9.59 Å². The van der Waals surface area contributed by atoms with Gasteiger partial charge in [-0.2, -0.15) is 0 Å². The van der Waals surface area contributed by atoms with Crippen LogP contribution in [-0.2, 0) is 35.1 Å². The minimum Gasteiger partial charge on any atom is -0.488 e. The number of carbonyl (C=O) groups is 4. The fraction of sp³-hybridized carbons (Fsp3) is 0.547. The lowest BCUT2D eigenvalue weighted by atomic mass is 9.85. The Morgan fingerprint density at radius 1 is 0.686 bits per heavy atom. The molecule has 4 amide bonds. The van der Waals surface area contributed by atoms with Crippen molar-refractivity contribution in [3.63, 3.8) is 0 Å². The van der Waals surface area contributed by atoms with Crippen molar-refractivity contribution in [2.24, 2.45) is 11.8 Å². The van der Waals surface area contributed by atoms with Crippen LogP contribution in [0.25, 0.3) is 44.2 Å². The van der Waals surface area contributed by atoms with Gasteiger partial charge in [0.1, 0.15) is 36.1 Å². The summed E-state index contributed by atoms with van der Waals surface area (Å²) >= 11 is 0. The zero-order chi connectivity index (χ0) is 49.1. The molecule has 10 rings (SSSR count). The van der Waals surface area contributed by atoms with Crippen LogP contribution in [-0.4, -0.2) is 117 Å². The Hall–Kier alpha value is -6.20. The first-order chi connectivity index (χ1) is 33.7. The van der Waals surface area contributed by atoms with Gasteiger partial charge in [-0.05, 0) is 151 Å². The molecular weight excluding hydrogens is 893 g/mol. The zero-order valence-corrected chi connectivity index (χ0v) is 41.4. The number of amides is 4. The Morgan fingerprint density at radius 2 is 1.26 bits per heavy atom. The third kappa shape index (κ3) is 8.95. The molecule has 0 unspecified atom stereocenters. The molecule has 4 fully saturated rings. The van der Waals surface area contributed by atoms with Crippen LogP contribution in [0.2, 0.25) is 0 Å². The fourth-order valence-corrected chi connectivity index (χ4v) is 12.5. The van der Waals surface area contributed by atoms with Crippen molar-refractivity contribution in [2.45, 2.75) is 160 Å². The van der Waals surface area contributed by atoms with Crippen molar-refractivity contribution in [2.75, 3.05) is 14.2 Å². The van der Waals surface area contributed by atoms with E-state index in [2.05, 4.69) is 70.8 Å². The molecule has 17 nitrogen and oxygen atoms in total. The van der Waals surface area contributed by atoms with E-state index in [9.17, 15) is 19.2 Å². The summed E-state index contributed by atoms with van der Waals surface area (Å²) in [7, 11) is 2.63. The monoisotopic (exact) mass is 958 g/mol. The highest BCUT2D eigenvalue weighted by atomic mass is 16.5. The summed E-state index contributed by atoms with van der Waals surface area (Å²) in [6, 6.07) is 12.5. The highest BCUT2D eigenvalue weighted by molar-refractivity contribution is 6.07. The summed E-state index contributed by atoms with van der Waals surface area (Å²) in [5, 5.41) is 7.77. The van der Waals surface area contributed by atoms with Gasteiger partial charge >= 0.3 is 12.2 Å². The van der Waals surface area contributed by atoms with Gasteiger partial charge in [-0.25, -0.2) is 19.6 Å². The van der Waals surface area contributed by atoms with Gasteiger partial charge < -0.3 is 54.1 Å². The van der Waals surface area contributed by atoms with Gasteiger partial charge in [0.05, 0.1) is 73.6 Å². The molecule has 0 spiro atoms. The summed E-state index contributed by atoms with van der Waals surface area (Å²) < 4.78 is 28.5. The number of likely N-dealkylation sites (tertiary alicyclic amines) is 2. The highest BCUT2D eigenvalue weighted by Gasteiger charge is 2.46. The number of rotatable bonds is 9. The Labute approximate surface area is 408 Å². The number of aromatic amines is 2. The molecule has 0 saturated carbocycles. The van der Waals surface area contributed by atoms with Crippen molar-refractivity contribution in [3.05, 3.63) is 65.9 Å². The third-order valence-electron chi connectivity index (χ3n) is 15.6. The number of aromatic nitrogens is 4. The number of hydrogen-bond donors (Lipinski definition) is 4. The lowest BCUT2D eigenvalue weighted by molar-refractivity contribution is -0.141. The molecule has 4 N–H and O–H groups in total. The number of imidazole rings is 2. The van der Waals surface area contributed by atoms with E-state index in [4.69, 9.17) is 33.7 Å². The molecular formula is C53H66N8O9. The van der Waals surface area contributed by atoms with E-state index in [1.165, 1.54) is 14.2 Å². The van der Waals surface area contributed by atoms with Gasteiger partial charge in [0.2, 0.25) is 11.8 Å². The molecule has 5 aromatic rings. The molecule has 0 bridgehead atoms. The van der Waals surface area contributed by atoms with Crippen LogP contribution in [0.1, 0.15) is 122 Å². The number of nitrogens with zero attached hydrogens (tertiary/aromatic N) is 4. The van der Waals surface area contributed by atoms with Gasteiger partial charge in [0.15, 0.2) is 0 Å². The normalized spacial score (nSPS) is 28.4. The largest absolute Gasteiger partial charge is 0.488 e. The van der Waals surface area contributed by atoms with E-state index >= 15 is 0 Å². The van der Waals surface area contributed by atoms with E-state index in [1.807, 2.05) is 49.8 Å². The predicted molar refractivity (Wildman–Crippen MR) is 262 cm³/mol. The van der Waals surface area contributed by atoms with E-state index in [1.54, 1.807) is 0 Å². The van der Waals surface area contributed by atoms with Crippen LogP contribution in [0.5, 0.6) is 5.75 Å². The van der Waals surface area contributed by atoms with Crippen molar-refractivity contribution in [1.82, 2.24) is 40.4 Å². The first-order valence-electron chi connectivity index (χ1n) is 25.1. The van der Waals surface area contributed by atoms with Crippen LogP contribution in [0.15, 0.2) is 48.7 Å². The number of hydrogen-bond acceptors (Lipinski definition) is 11. The number of ether oxygens (including phenoxy) is 5. The molecule has 2 aromatic heterocycles. The molecule has 5 aliphatic heterocycles.